The average Bonchev–Trinajstić information content (AvgIpc) is 2.67. The van der Waals surface area contributed by atoms with Crippen molar-refractivity contribution in [2.75, 3.05) is 26.4 Å². The largest absolute Gasteiger partial charge is 0.301 e. The molecule has 0 bridgehead atoms. The minimum Gasteiger partial charge on any atom is -0.301 e. The van der Waals surface area contributed by atoms with E-state index >= 15 is 0 Å². The molecule has 0 spiro atoms. The van der Waals surface area contributed by atoms with Crippen LogP contribution in [0.3, 0.4) is 0 Å². The van der Waals surface area contributed by atoms with E-state index in [4.69, 9.17) is 0 Å². The number of rotatable bonds is 8. The van der Waals surface area contributed by atoms with E-state index in [1.54, 1.807) is 0 Å². The molecule has 142 valence electrons. The fraction of sp³-hybridized carbons (Fsp3) is 0.273. The van der Waals surface area contributed by atoms with Gasteiger partial charge in [0.2, 0.25) is 10.0 Å². The normalized spacial score (nSPS) is 13.1. The molecule has 0 heterocycles. The standard InChI is InChI=1S/C22H26N2O2S/c1-24(2)22(21-14-8-12-19-11-6-7-13-20(19)21)17-23-27(25,26)16-15-18-9-4-3-5-10-18/h3-14,22-23H,15-17H2,1-2H3/t22-/m1/s1. The van der Waals surface area contributed by atoms with E-state index in [1.807, 2.05) is 62.6 Å². The zero-order valence-corrected chi connectivity index (χ0v) is 16.6. The molecule has 0 saturated carbocycles. The fourth-order valence-corrected chi connectivity index (χ4v) is 4.35. The van der Waals surface area contributed by atoms with Gasteiger partial charge in [-0.1, -0.05) is 72.8 Å². The SMILES string of the molecule is CN(C)[C@H](CNS(=O)(=O)CCc1ccccc1)c1cccc2ccccc12. The fourth-order valence-electron chi connectivity index (χ4n) is 3.29. The summed E-state index contributed by atoms with van der Waals surface area (Å²) in [7, 11) is 0.607. The van der Waals surface area contributed by atoms with E-state index in [-0.39, 0.29) is 11.8 Å². The molecular formula is C22H26N2O2S. The van der Waals surface area contributed by atoms with Gasteiger partial charge < -0.3 is 4.90 Å². The Morgan fingerprint density at radius 3 is 2.30 bits per heavy atom. The summed E-state index contributed by atoms with van der Waals surface area (Å²) in [6.45, 7) is 0.345. The summed E-state index contributed by atoms with van der Waals surface area (Å²) in [5, 5.41) is 2.32. The predicted octanol–water partition coefficient (Wildman–Crippen LogP) is 3.60. The molecule has 3 rings (SSSR count). The van der Waals surface area contributed by atoms with Gasteiger partial charge in [-0.3, -0.25) is 0 Å². The zero-order chi connectivity index (χ0) is 19.3. The molecule has 0 unspecified atom stereocenters. The van der Waals surface area contributed by atoms with E-state index in [2.05, 4.69) is 33.9 Å². The maximum Gasteiger partial charge on any atom is 0.211 e. The Morgan fingerprint density at radius 1 is 0.889 bits per heavy atom. The van der Waals surface area contributed by atoms with Crippen LogP contribution in [0.5, 0.6) is 0 Å². The molecule has 0 fully saturated rings. The molecule has 5 heteroatoms. The van der Waals surface area contributed by atoms with Gasteiger partial charge in [-0.05, 0) is 42.4 Å². The molecule has 3 aromatic rings. The smallest absolute Gasteiger partial charge is 0.211 e. The van der Waals surface area contributed by atoms with E-state index in [1.165, 1.54) is 0 Å². The molecule has 27 heavy (non-hydrogen) atoms. The molecule has 1 atom stereocenters. The van der Waals surface area contributed by atoms with Crippen molar-refractivity contribution < 1.29 is 8.42 Å². The first-order valence-corrected chi connectivity index (χ1v) is 10.8. The van der Waals surface area contributed by atoms with Crippen molar-refractivity contribution in [3.8, 4) is 0 Å². The van der Waals surface area contributed by atoms with Gasteiger partial charge >= 0.3 is 0 Å². The highest BCUT2D eigenvalue weighted by molar-refractivity contribution is 7.89. The molecule has 0 aliphatic carbocycles. The van der Waals surface area contributed by atoms with Gasteiger partial charge in [-0.15, -0.1) is 0 Å². The third-order valence-corrected chi connectivity index (χ3v) is 6.15. The summed E-state index contributed by atoms with van der Waals surface area (Å²) in [6, 6.07) is 24.0. The van der Waals surface area contributed by atoms with Crippen molar-refractivity contribution in [2.24, 2.45) is 0 Å². The van der Waals surface area contributed by atoms with Crippen LogP contribution in [0, 0.1) is 0 Å². The van der Waals surface area contributed by atoms with Crippen LogP contribution in [0.1, 0.15) is 17.2 Å². The van der Waals surface area contributed by atoms with Gasteiger partial charge in [0.05, 0.1) is 5.75 Å². The third kappa shape index (κ3) is 5.16. The second-order valence-corrected chi connectivity index (χ2v) is 8.88. The van der Waals surface area contributed by atoms with Crippen LogP contribution >= 0.6 is 0 Å². The summed E-state index contributed by atoms with van der Waals surface area (Å²) < 4.78 is 27.8. The minimum absolute atomic E-state index is 0.0393. The first-order valence-electron chi connectivity index (χ1n) is 9.11. The van der Waals surface area contributed by atoms with Crippen LogP contribution in [0.25, 0.3) is 10.8 Å². The Hall–Kier alpha value is -2.21. The van der Waals surface area contributed by atoms with Gasteiger partial charge in [-0.2, -0.15) is 0 Å². The molecule has 4 nitrogen and oxygen atoms in total. The van der Waals surface area contributed by atoms with Crippen LogP contribution in [0.2, 0.25) is 0 Å². The molecule has 0 amide bonds. The van der Waals surface area contributed by atoms with Gasteiger partial charge in [0, 0.05) is 12.6 Å². The van der Waals surface area contributed by atoms with Crippen LogP contribution in [0.15, 0.2) is 72.8 Å². The number of hydrogen-bond acceptors (Lipinski definition) is 3. The van der Waals surface area contributed by atoms with E-state index in [0.29, 0.717) is 13.0 Å². The van der Waals surface area contributed by atoms with E-state index < -0.39 is 10.0 Å². The highest BCUT2D eigenvalue weighted by atomic mass is 32.2. The zero-order valence-electron chi connectivity index (χ0n) is 15.8. The predicted molar refractivity (Wildman–Crippen MR) is 112 cm³/mol. The van der Waals surface area contributed by atoms with Gasteiger partial charge in [0.1, 0.15) is 0 Å². The third-order valence-electron chi connectivity index (χ3n) is 4.80. The lowest BCUT2D eigenvalue weighted by Gasteiger charge is -2.26. The van der Waals surface area contributed by atoms with E-state index in [0.717, 1.165) is 21.9 Å². The quantitative estimate of drug-likeness (QED) is 0.648. The second kappa shape index (κ2) is 8.65. The Labute approximate surface area is 161 Å². The van der Waals surface area contributed by atoms with Crippen LogP contribution in [0.4, 0.5) is 0 Å². The summed E-state index contributed by atoms with van der Waals surface area (Å²) in [6.07, 6.45) is 0.511. The monoisotopic (exact) mass is 382 g/mol. The van der Waals surface area contributed by atoms with E-state index in [9.17, 15) is 8.42 Å². The van der Waals surface area contributed by atoms with Crippen molar-refractivity contribution >= 4 is 20.8 Å². The first kappa shape index (κ1) is 19.5. The number of sulfonamides is 1. The van der Waals surface area contributed by atoms with Crippen molar-refractivity contribution in [3.05, 3.63) is 83.9 Å². The molecule has 0 aromatic heterocycles. The number of hydrogen-bond donors (Lipinski definition) is 1. The van der Waals surface area contributed by atoms with Crippen molar-refractivity contribution in [3.63, 3.8) is 0 Å². The molecule has 0 radical (unpaired) electrons. The lowest BCUT2D eigenvalue weighted by atomic mass is 9.98. The lowest BCUT2D eigenvalue weighted by Crippen LogP contribution is -2.36. The Bertz CT molecular complexity index is 980. The first-order chi connectivity index (χ1) is 13.0. The van der Waals surface area contributed by atoms with Crippen molar-refractivity contribution in [1.82, 2.24) is 9.62 Å². The topological polar surface area (TPSA) is 49.4 Å². The molecule has 1 N–H and O–H groups in total. The molecule has 0 saturated heterocycles. The lowest BCUT2D eigenvalue weighted by molar-refractivity contribution is 0.301. The van der Waals surface area contributed by atoms with Crippen LogP contribution in [-0.2, 0) is 16.4 Å². The summed E-state index contributed by atoms with van der Waals surface area (Å²) in [5.41, 5.74) is 2.16. The minimum atomic E-state index is -3.35. The van der Waals surface area contributed by atoms with Gasteiger partial charge in [-0.25, -0.2) is 13.1 Å². The number of nitrogens with zero attached hydrogens (tertiary/aromatic N) is 1. The molecular weight excluding hydrogens is 356 g/mol. The van der Waals surface area contributed by atoms with Gasteiger partial charge in [0.25, 0.3) is 0 Å². The van der Waals surface area contributed by atoms with Crippen molar-refractivity contribution in [1.29, 1.82) is 0 Å². The molecule has 0 aliphatic heterocycles. The number of fused-ring (bicyclic) bond motifs is 1. The Morgan fingerprint density at radius 2 is 1.56 bits per heavy atom. The number of nitrogens with one attached hydrogen (secondary N) is 1. The summed E-state index contributed by atoms with van der Waals surface area (Å²) in [5.74, 6) is 0.0900. The Kier molecular flexibility index (Phi) is 6.26. The molecule has 3 aromatic carbocycles. The number of benzene rings is 3. The Balaban J connectivity index is 1.73. The maximum atomic E-state index is 12.5. The highest BCUT2D eigenvalue weighted by Gasteiger charge is 2.20. The summed E-state index contributed by atoms with van der Waals surface area (Å²) in [4.78, 5) is 2.06. The van der Waals surface area contributed by atoms with Gasteiger partial charge in [0.15, 0.2) is 0 Å². The summed E-state index contributed by atoms with van der Waals surface area (Å²) >= 11 is 0. The van der Waals surface area contributed by atoms with Crippen LogP contribution in [-0.4, -0.2) is 39.7 Å². The van der Waals surface area contributed by atoms with Crippen LogP contribution < -0.4 is 4.72 Å². The number of aryl methyl sites for hydroxylation is 1. The number of likely N-dealkylation sites (N-methyl/N-ethyl adjacent to an activating group) is 1. The van der Waals surface area contributed by atoms with Crippen molar-refractivity contribution in [2.45, 2.75) is 12.5 Å². The second-order valence-electron chi connectivity index (χ2n) is 6.95. The molecule has 0 aliphatic rings. The highest BCUT2D eigenvalue weighted by Crippen LogP contribution is 2.26. The average molecular weight is 383 g/mol. The maximum absolute atomic E-state index is 12.5.